The number of nitrogens with one attached hydrogen (secondary N) is 2. The Morgan fingerprint density at radius 1 is 1.07 bits per heavy atom. The molecule has 7 heteroatoms. The van der Waals surface area contributed by atoms with E-state index in [-0.39, 0.29) is 17.9 Å². The summed E-state index contributed by atoms with van der Waals surface area (Å²) in [6.07, 6.45) is 1.75. The van der Waals surface area contributed by atoms with E-state index in [1.807, 2.05) is 18.2 Å². The average molecular weight is 420 g/mol. The van der Waals surface area contributed by atoms with Gasteiger partial charge < -0.3 is 10.6 Å². The Labute approximate surface area is 175 Å². The van der Waals surface area contributed by atoms with E-state index in [2.05, 4.69) is 15.5 Å². The van der Waals surface area contributed by atoms with Crippen LogP contribution in [0.1, 0.15) is 35.7 Å². The number of piperidine rings is 1. The molecule has 148 valence electrons. The number of nitrogens with zero attached hydrogens (tertiary/aromatic N) is 1. The summed E-state index contributed by atoms with van der Waals surface area (Å²) in [6, 6.07) is 12.5. The number of ketones is 1. The van der Waals surface area contributed by atoms with Crippen LogP contribution < -0.4 is 10.6 Å². The zero-order valence-corrected chi connectivity index (χ0v) is 17.2. The molecule has 1 saturated heterocycles. The van der Waals surface area contributed by atoms with Crippen molar-refractivity contribution < 1.29 is 9.59 Å². The van der Waals surface area contributed by atoms with Gasteiger partial charge in [-0.05, 0) is 49.6 Å². The van der Waals surface area contributed by atoms with Crippen LogP contribution in [0.3, 0.4) is 0 Å². The summed E-state index contributed by atoms with van der Waals surface area (Å²) in [7, 11) is 0. The molecule has 0 atom stereocenters. The monoisotopic (exact) mass is 419 g/mol. The highest BCUT2D eigenvalue weighted by Gasteiger charge is 2.21. The molecule has 2 aromatic rings. The number of urea groups is 1. The van der Waals surface area contributed by atoms with Gasteiger partial charge in [-0.15, -0.1) is 0 Å². The second-order valence-corrected chi connectivity index (χ2v) is 7.85. The second-order valence-electron chi connectivity index (χ2n) is 7.03. The first kappa shape index (κ1) is 20.6. The van der Waals surface area contributed by atoms with Crippen LogP contribution in [0.15, 0.2) is 42.5 Å². The van der Waals surface area contributed by atoms with Crippen molar-refractivity contribution in [2.45, 2.75) is 32.4 Å². The number of carbonyl (C=O) groups excluding carboxylic acids is 2. The van der Waals surface area contributed by atoms with Crippen LogP contribution in [0.2, 0.25) is 10.0 Å². The minimum Gasteiger partial charge on any atom is -0.335 e. The van der Waals surface area contributed by atoms with E-state index < -0.39 is 0 Å². The van der Waals surface area contributed by atoms with Crippen molar-refractivity contribution in [2.75, 3.05) is 18.4 Å². The van der Waals surface area contributed by atoms with Crippen molar-refractivity contribution in [1.82, 2.24) is 10.2 Å². The van der Waals surface area contributed by atoms with E-state index in [4.69, 9.17) is 23.2 Å². The Morgan fingerprint density at radius 2 is 1.82 bits per heavy atom. The van der Waals surface area contributed by atoms with Crippen LogP contribution in [-0.4, -0.2) is 35.8 Å². The van der Waals surface area contributed by atoms with Crippen molar-refractivity contribution in [3.05, 3.63) is 63.6 Å². The molecule has 1 fully saturated rings. The number of hydrogen-bond donors (Lipinski definition) is 2. The lowest BCUT2D eigenvalue weighted by molar-refractivity contribution is 0.101. The van der Waals surface area contributed by atoms with Crippen LogP contribution >= 0.6 is 23.2 Å². The third kappa shape index (κ3) is 5.71. The van der Waals surface area contributed by atoms with E-state index in [1.54, 1.807) is 24.3 Å². The maximum Gasteiger partial charge on any atom is 0.319 e. The summed E-state index contributed by atoms with van der Waals surface area (Å²) in [5, 5.41) is 6.95. The molecule has 1 heterocycles. The third-order valence-electron chi connectivity index (χ3n) is 4.84. The number of halogens is 2. The van der Waals surface area contributed by atoms with Crippen molar-refractivity contribution >= 4 is 40.7 Å². The van der Waals surface area contributed by atoms with Gasteiger partial charge in [0.2, 0.25) is 0 Å². The lowest BCUT2D eigenvalue weighted by atomic mass is 10.0. The van der Waals surface area contributed by atoms with Crippen LogP contribution in [0, 0.1) is 0 Å². The number of anilines is 1. The van der Waals surface area contributed by atoms with Crippen LogP contribution in [-0.2, 0) is 6.54 Å². The van der Waals surface area contributed by atoms with Gasteiger partial charge >= 0.3 is 6.03 Å². The quantitative estimate of drug-likeness (QED) is 0.671. The van der Waals surface area contributed by atoms with Crippen LogP contribution in [0.5, 0.6) is 0 Å². The molecule has 1 aliphatic rings. The number of benzene rings is 2. The van der Waals surface area contributed by atoms with Crippen molar-refractivity contribution in [2.24, 2.45) is 0 Å². The molecule has 0 bridgehead atoms. The highest BCUT2D eigenvalue weighted by Crippen LogP contribution is 2.24. The third-order valence-corrected chi connectivity index (χ3v) is 5.58. The number of likely N-dealkylation sites (tertiary alicyclic amines) is 1. The van der Waals surface area contributed by atoms with Gasteiger partial charge in [0.05, 0.1) is 10.0 Å². The molecule has 28 heavy (non-hydrogen) atoms. The van der Waals surface area contributed by atoms with Gasteiger partial charge in [-0.25, -0.2) is 4.79 Å². The topological polar surface area (TPSA) is 61.4 Å². The fourth-order valence-corrected chi connectivity index (χ4v) is 3.62. The molecule has 0 aliphatic carbocycles. The van der Waals surface area contributed by atoms with E-state index in [9.17, 15) is 9.59 Å². The SMILES string of the molecule is CC(=O)c1cccc(NC(=O)NC2CCN(Cc3ccc(Cl)c(Cl)c3)CC2)c1. The fraction of sp³-hybridized carbons (Fsp3) is 0.333. The highest BCUT2D eigenvalue weighted by atomic mass is 35.5. The molecule has 1 aliphatic heterocycles. The summed E-state index contributed by atoms with van der Waals surface area (Å²) >= 11 is 12.0. The number of amides is 2. The van der Waals surface area contributed by atoms with Gasteiger partial charge in [0.25, 0.3) is 0 Å². The van der Waals surface area contributed by atoms with E-state index in [0.29, 0.717) is 21.3 Å². The zero-order chi connectivity index (χ0) is 20.1. The predicted octanol–water partition coefficient (Wildman–Crippen LogP) is 4.98. The molecule has 2 amide bonds. The van der Waals surface area contributed by atoms with Gasteiger partial charge in [-0.2, -0.15) is 0 Å². The standard InChI is InChI=1S/C21H23Cl2N3O2/c1-14(27)16-3-2-4-18(12-16)25-21(28)24-17-7-9-26(10-8-17)13-15-5-6-19(22)20(23)11-15/h2-6,11-12,17H,7-10,13H2,1H3,(H2,24,25,28). The lowest BCUT2D eigenvalue weighted by Crippen LogP contribution is -2.45. The van der Waals surface area contributed by atoms with Crippen LogP contribution in [0.4, 0.5) is 10.5 Å². The molecule has 2 aromatic carbocycles. The molecule has 0 radical (unpaired) electrons. The van der Waals surface area contributed by atoms with E-state index in [0.717, 1.165) is 38.0 Å². The Morgan fingerprint density at radius 3 is 2.50 bits per heavy atom. The van der Waals surface area contributed by atoms with E-state index in [1.165, 1.54) is 6.92 Å². The number of Topliss-reactive ketones (excluding diaryl/α,β-unsaturated/α-hetero) is 1. The summed E-state index contributed by atoms with van der Waals surface area (Å²) in [4.78, 5) is 26.0. The maximum absolute atomic E-state index is 12.3. The number of carbonyl (C=O) groups is 2. The first-order valence-corrected chi connectivity index (χ1v) is 10.0. The second kappa shape index (κ2) is 9.41. The molecule has 2 N–H and O–H groups in total. The molecule has 0 unspecified atom stereocenters. The fourth-order valence-electron chi connectivity index (χ4n) is 3.30. The first-order valence-electron chi connectivity index (χ1n) is 9.25. The van der Waals surface area contributed by atoms with Gasteiger partial charge in [-0.1, -0.05) is 41.4 Å². The minimum absolute atomic E-state index is 0.0293. The molecule has 5 nitrogen and oxygen atoms in total. The zero-order valence-electron chi connectivity index (χ0n) is 15.7. The van der Waals surface area contributed by atoms with Gasteiger partial charge in [0.1, 0.15) is 0 Å². The first-order chi connectivity index (χ1) is 13.4. The number of rotatable bonds is 5. The molecular formula is C21H23Cl2N3O2. The summed E-state index contributed by atoms with van der Waals surface area (Å²) in [6.45, 7) is 4.11. The predicted molar refractivity (Wildman–Crippen MR) is 113 cm³/mol. The Hall–Kier alpha value is -2.08. The maximum atomic E-state index is 12.3. The number of hydrogen-bond acceptors (Lipinski definition) is 3. The molecule has 0 saturated carbocycles. The van der Waals surface area contributed by atoms with Crippen molar-refractivity contribution in [3.8, 4) is 0 Å². The van der Waals surface area contributed by atoms with Crippen molar-refractivity contribution in [1.29, 1.82) is 0 Å². The van der Waals surface area contributed by atoms with Crippen molar-refractivity contribution in [3.63, 3.8) is 0 Å². The highest BCUT2D eigenvalue weighted by molar-refractivity contribution is 6.42. The van der Waals surface area contributed by atoms with Gasteiger partial charge in [0.15, 0.2) is 5.78 Å². The van der Waals surface area contributed by atoms with Crippen LogP contribution in [0.25, 0.3) is 0 Å². The Kier molecular flexibility index (Phi) is 6.94. The lowest BCUT2D eigenvalue weighted by Gasteiger charge is -2.32. The average Bonchev–Trinajstić information content (AvgIpc) is 2.66. The normalized spacial score (nSPS) is 15.2. The summed E-state index contributed by atoms with van der Waals surface area (Å²) in [5.41, 5.74) is 2.32. The molecule has 3 rings (SSSR count). The molecule has 0 aromatic heterocycles. The van der Waals surface area contributed by atoms with Gasteiger partial charge in [0, 0.05) is 36.9 Å². The Balaban J connectivity index is 1.46. The molecule has 0 spiro atoms. The molecular weight excluding hydrogens is 397 g/mol. The minimum atomic E-state index is -0.247. The summed E-state index contributed by atoms with van der Waals surface area (Å²) in [5.74, 6) is -0.0293. The smallest absolute Gasteiger partial charge is 0.319 e. The van der Waals surface area contributed by atoms with Gasteiger partial charge in [-0.3, -0.25) is 9.69 Å². The van der Waals surface area contributed by atoms with E-state index >= 15 is 0 Å². The largest absolute Gasteiger partial charge is 0.335 e. The summed E-state index contributed by atoms with van der Waals surface area (Å²) < 4.78 is 0. The Bertz CT molecular complexity index is 864.